The summed E-state index contributed by atoms with van der Waals surface area (Å²) in [4.78, 5) is 35.3. The zero-order valence-corrected chi connectivity index (χ0v) is 16.6. The molecule has 0 fully saturated rings. The Bertz CT molecular complexity index is 1040. The number of hydrogen-bond donors (Lipinski definition) is 1. The van der Waals surface area contributed by atoms with Crippen LogP contribution in [0.2, 0.25) is 0 Å². The van der Waals surface area contributed by atoms with Gasteiger partial charge in [0.25, 0.3) is 5.56 Å². The van der Waals surface area contributed by atoms with Crippen LogP contribution in [-0.2, 0) is 24.2 Å². The highest BCUT2D eigenvalue weighted by Crippen LogP contribution is 2.25. The summed E-state index contributed by atoms with van der Waals surface area (Å²) in [6.45, 7) is 2.94. The van der Waals surface area contributed by atoms with Crippen molar-refractivity contribution < 1.29 is 4.79 Å². The van der Waals surface area contributed by atoms with Crippen LogP contribution in [0.3, 0.4) is 0 Å². The molecule has 0 bridgehead atoms. The lowest BCUT2D eigenvalue weighted by atomic mass is 9.94. The standard InChI is InChI=1S/C24H25N3O2/c1-2-19(18-11-7-4-8-12-18)24(29)27-14-13-21-20(16-27)23(28)26-22(25-21)15-17-9-5-3-6-10-17/h3-12,19H,2,13-16H2,1H3,(H,25,26,28)/t19-/m1/s1. The van der Waals surface area contributed by atoms with E-state index in [9.17, 15) is 9.59 Å². The SMILES string of the molecule is CC[C@@H](C(=O)N1CCc2nc(Cc3ccccc3)[nH]c(=O)c2C1)c1ccccc1. The Balaban J connectivity index is 1.54. The van der Waals surface area contributed by atoms with Gasteiger partial charge in [0.05, 0.1) is 23.7 Å². The average Bonchev–Trinajstić information content (AvgIpc) is 2.75. The molecule has 0 radical (unpaired) electrons. The molecule has 29 heavy (non-hydrogen) atoms. The molecule has 5 nitrogen and oxygen atoms in total. The monoisotopic (exact) mass is 387 g/mol. The maximum absolute atomic E-state index is 13.2. The van der Waals surface area contributed by atoms with Gasteiger partial charge < -0.3 is 9.88 Å². The van der Waals surface area contributed by atoms with Crippen LogP contribution in [0.15, 0.2) is 65.5 Å². The van der Waals surface area contributed by atoms with E-state index in [0.29, 0.717) is 37.3 Å². The van der Waals surface area contributed by atoms with Crippen molar-refractivity contribution in [1.82, 2.24) is 14.9 Å². The molecule has 5 heteroatoms. The topological polar surface area (TPSA) is 66.1 Å². The third-order valence-electron chi connectivity index (χ3n) is 5.55. The molecule has 148 valence electrons. The van der Waals surface area contributed by atoms with Gasteiger partial charge in [0.1, 0.15) is 5.82 Å². The van der Waals surface area contributed by atoms with Crippen LogP contribution in [-0.4, -0.2) is 27.3 Å². The fourth-order valence-corrected chi connectivity index (χ4v) is 4.00. The van der Waals surface area contributed by atoms with Crippen LogP contribution in [0.4, 0.5) is 0 Å². The minimum Gasteiger partial charge on any atom is -0.337 e. The van der Waals surface area contributed by atoms with Gasteiger partial charge in [0, 0.05) is 19.4 Å². The molecule has 1 amide bonds. The predicted molar refractivity (Wildman–Crippen MR) is 113 cm³/mol. The van der Waals surface area contributed by atoms with Crippen LogP contribution >= 0.6 is 0 Å². The molecule has 2 aromatic carbocycles. The Morgan fingerprint density at radius 3 is 2.48 bits per heavy atom. The summed E-state index contributed by atoms with van der Waals surface area (Å²) in [5.41, 5.74) is 3.43. The van der Waals surface area contributed by atoms with Gasteiger partial charge in [0.2, 0.25) is 5.91 Å². The van der Waals surface area contributed by atoms with Crippen molar-refractivity contribution in [2.75, 3.05) is 6.54 Å². The third-order valence-corrected chi connectivity index (χ3v) is 5.55. The molecule has 0 unspecified atom stereocenters. The van der Waals surface area contributed by atoms with Crippen molar-refractivity contribution in [2.24, 2.45) is 0 Å². The highest BCUT2D eigenvalue weighted by atomic mass is 16.2. The Morgan fingerprint density at radius 2 is 1.79 bits per heavy atom. The number of H-pyrrole nitrogens is 1. The molecule has 0 aliphatic carbocycles. The van der Waals surface area contributed by atoms with Crippen LogP contribution in [0.1, 0.15) is 47.5 Å². The number of rotatable bonds is 5. The highest BCUT2D eigenvalue weighted by Gasteiger charge is 2.29. The lowest BCUT2D eigenvalue weighted by Crippen LogP contribution is -2.42. The Kier molecular flexibility index (Phi) is 5.56. The summed E-state index contributed by atoms with van der Waals surface area (Å²) < 4.78 is 0. The minimum absolute atomic E-state index is 0.0807. The molecule has 0 saturated carbocycles. The van der Waals surface area contributed by atoms with Gasteiger partial charge in [0.15, 0.2) is 0 Å². The number of amides is 1. The second-order valence-corrected chi connectivity index (χ2v) is 7.48. The van der Waals surface area contributed by atoms with Crippen molar-refractivity contribution in [3.8, 4) is 0 Å². The molecule has 1 aromatic heterocycles. The molecule has 1 aliphatic heterocycles. The molecule has 3 aromatic rings. The summed E-state index contributed by atoms with van der Waals surface area (Å²) in [6, 6.07) is 19.8. The molecule has 2 heterocycles. The van der Waals surface area contributed by atoms with Gasteiger partial charge in [-0.25, -0.2) is 4.98 Å². The molecule has 0 spiro atoms. The average molecular weight is 387 g/mol. The first-order valence-electron chi connectivity index (χ1n) is 10.1. The largest absolute Gasteiger partial charge is 0.337 e. The fraction of sp³-hybridized carbons (Fsp3) is 0.292. The van der Waals surface area contributed by atoms with E-state index in [1.54, 1.807) is 4.90 Å². The summed E-state index contributed by atoms with van der Waals surface area (Å²) in [6.07, 6.45) is 1.94. The lowest BCUT2D eigenvalue weighted by Gasteiger charge is -2.31. The maximum Gasteiger partial charge on any atom is 0.256 e. The zero-order valence-electron chi connectivity index (χ0n) is 16.6. The molecule has 1 aliphatic rings. The fourth-order valence-electron chi connectivity index (χ4n) is 4.00. The van der Waals surface area contributed by atoms with Gasteiger partial charge in [-0.15, -0.1) is 0 Å². The van der Waals surface area contributed by atoms with E-state index in [1.165, 1.54) is 0 Å². The van der Waals surface area contributed by atoms with E-state index in [1.807, 2.05) is 67.6 Å². The van der Waals surface area contributed by atoms with Crippen LogP contribution in [0, 0.1) is 0 Å². The molecule has 4 rings (SSSR count). The number of carbonyl (C=O) groups excluding carboxylic acids is 1. The third kappa shape index (κ3) is 4.14. The van der Waals surface area contributed by atoms with E-state index in [0.717, 1.165) is 23.2 Å². The molecule has 1 N–H and O–H groups in total. The van der Waals surface area contributed by atoms with E-state index in [-0.39, 0.29) is 17.4 Å². The van der Waals surface area contributed by atoms with Crippen LogP contribution in [0.25, 0.3) is 0 Å². The molecular formula is C24H25N3O2. The number of nitrogens with zero attached hydrogens (tertiary/aromatic N) is 2. The summed E-state index contributed by atoms with van der Waals surface area (Å²) in [5, 5.41) is 0. The minimum atomic E-state index is -0.179. The van der Waals surface area contributed by atoms with E-state index in [4.69, 9.17) is 4.98 Å². The normalized spacial score (nSPS) is 14.3. The number of carbonyl (C=O) groups is 1. The quantitative estimate of drug-likeness (QED) is 0.729. The van der Waals surface area contributed by atoms with Crippen molar-refractivity contribution in [3.05, 3.63) is 99.2 Å². The molecule has 0 saturated heterocycles. The number of fused-ring (bicyclic) bond motifs is 1. The summed E-state index contributed by atoms with van der Waals surface area (Å²) in [5.74, 6) is 0.578. The van der Waals surface area contributed by atoms with Crippen molar-refractivity contribution in [3.63, 3.8) is 0 Å². The molecule has 1 atom stereocenters. The first kappa shape index (κ1) is 19.1. The number of nitrogens with one attached hydrogen (secondary N) is 1. The predicted octanol–water partition coefficient (Wildman–Crippen LogP) is 3.44. The lowest BCUT2D eigenvalue weighted by molar-refractivity contribution is -0.133. The van der Waals surface area contributed by atoms with E-state index >= 15 is 0 Å². The first-order valence-corrected chi connectivity index (χ1v) is 10.1. The van der Waals surface area contributed by atoms with Gasteiger partial charge >= 0.3 is 0 Å². The Morgan fingerprint density at radius 1 is 1.10 bits per heavy atom. The second kappa shape index (κ2) is 8.43. The van der Waals surface area contributed by atoms with E-state index in [2.05, 4.69) is 4.98 Å². The number of benzene rings is 2. The van der Waals surface area contributed by atoms with Crippen molar-refractivity contribution >= 4 is 5.91 Å². The molecular weight excluding hydrogens is 362 g/mol. The summed E-state index contributed by atoms with van der Waals surface area (Å²) in [7, 11) is 0. The summed E-state index contributed by atoms with van der Waals surface area (Å²) >= 11 is 0. The Labute approximate surface area is 170 Å². The Hall–Kier alpha value is -3.21. The van der Waals surface area contributed by atoms with Crippen molar-refractivity contribution in [2.45, 2.75) is 38.6 Å². The van der Waals surface area contributed by atoms with Gasteiger partial charge in [-0.2, -0.15) is 0 Å². The van der Waals surface area contributed by atoms with Gasteiger partial charge in [-0.1, -0.05) is 67.6 Å². The van der Waals surface area contributed by atoms with Gasteiger partial charge in [-0.3, -0.25) is 9.59 Å². The first-order chi connectivity index (χ1) is 14.2. The second-order valence-electron chi connectivity index (χ2n) is 7.48. The van der Waals surface area contributed by atoms with Crippen LogP contribution < -0.4 is 5.56 Å². The highest BCUT2D eigenvalue weighted by molar-refractivity contribution is 5.84. The van der Waals surface area contributed by atoms with E-state index < -0.39 is 0 Å². The van der Waals surface area contributed by atoms with Gasteiger partial charge in [-0.05, 0) is 17.5 Å². The zero-order chi connectivity index (χ0) is 20.2. The van der Waals surface area contributed by atoms with Crippen molar-refractivity contribution in [1.29, 1.82) is 0 Å². The number of hydrogen-bond acceptors (Lipinski definition) is 3. The number of aromatic nitrogens is 2. The maximum atomic E-state index is 13.2. The smallest absolute Gasteiger partial charge is 0.256 e. The number of aromatic amines is 1. The van der Waals surface area contributed by atoms with Crippen LogP contribution in [0.5, 0.6) is 0 Å².